The van der Waals surface area contributed by atoms with E-state index in [0.717, 1.165) is 5.69 Å². The van der Waals surface area contributed by atoms with Crippen LogP contribution in [0.5, 0.6) is 0 Å². The third-order valence-electron chi connectivity index (χ3n) is 5.24. The molecule has 0 spiro atoms. The Bertz CT molecular complexity index is 686. The second-order valence-corrected chi connectivity index (χ2v) is 9.27. The number of hydrogen-bond donors (Lipinski definition) is 2. The van der Waals surface area contributed by atoms with Crippen LogP contribution in [0.1, 0.15) is 25.7 Å². The number of benzene rings is 1. The van der Waals surface area contributed by atoms with Gasteiger partial charge in [0.25, 0.3) is 0 Å². The second-order valence-electron chi connectivity index (χ2n) is 7.20. The summed E-state index contributed by atoms with van der Waals surface area (Å²) in [5.41, 5.74) is 6.21. The summed E-state index contributed by atoms with van der Waals surface area (Å²) in [5.74, 6) is -2.11. The molecule has 10 heteroatoms. The highest BCUT2D eigenvalue weighted by Gasteiger charge is 2.44. The summed E-state index contributed by atoms with van der Waals surface area (Å²) in [5, 5.41) is 9.76. The van der Waals surface area contributed by atoms with Crippen molar-refractivity contribution in [1.82, 2.24) is 0 Å². The SMILES string of the molecule is NC(CCSCCC(C1CCN(c2ccc(Cl)cc2Cl)CC1)C(F)(F)F)C(=O)O. The summed E-state index contributed by atoms with van der Waals surface area (Å²) in [7, 11) is 0. The zero-order valence-corrected chi connectivity index (χ0v) is 18.1. The molecule has 1 aromatic rings. The van der Waals surface area contributed by atoms with Crippen LogP contribution in [0.4, 0.5) is 18.9 Å². The molecule has 164 valence electrons. The normalized spacial score (nSPS) is 17.9. The van der Waals surface area contributed by atoms with Crippen molar-refractivity contribution in [2.45, 2.75) is 37.9 Å². The predicted octanol–water partition coefficient (Wildman–Crippen LogP) is 5.31. The predicted molar refractivity (Wildman–Crippen MR) is 113 cm³/mol. The lowest BCUT2D eigenvalue weighted by molar-refractivity contribution is -0.191. The third-order valence-corrected chi connectivity index (χ3v) is 6.83. The minimum absolute atomic E-state index is 0.0306. The number of carbonyl (C=O) groups is 1. The molecule has 0 aliphatic carbocycles. The highest BCUT2D eigenvalue weighted by Crippen LogP contribution is 2.41. The lowest BCUT2D eigenvalue weighted by atomic mass is 9.82. The van der Waals surface area contributed by atoms with Crippen LogP contribution >= 0.6 is 35.0 Å². The van der Waals surface area contributed by atoms with Crippen LogP contribution in [0.2, 0.25) is 10.0 Å². The highest BCUT2D eigenvalue weighted by molar-refractivity contribution is 7.99. The van der Waals surface area contributed by atoms with Gasteiger partial charge in [0.15, 0.2) is 0 Å². The number of thioether (sulfide) groups is 1. The van der Waals surface area contributed by atoms with Gasteiger partial charge in [-0.2, -0.15) is 24.9 Å². The van der Waals surface area contributed by atoms with E-state index in [0.29, 0.717) is 47.5 Å². The Kier molecular flexibility index (Phi) is 9.25. The number of halogens is 5. The molecule has 1 saturated heterocycles. The van der Waals surface area contributed by atoms with Gasteiger partial charge in [0.05, 0.1) is 16.6 Å². The topological polar surface area (TPSA) is 66.6 Å². The fourth-order valence-corrected chi connectivity index (χ4v) is 5.17. The molecule has 0 saturated carbocycles. The summed E-state index contributed by atoms with van der Waals surface area (Å²) in [6, 6.07) is 4.19. The summed E-state index contributed by atoms with van der Waals surface area (Å²) in [6.07, 6.45) is -3.09. The van der Waals surface area contributed by atoms with Gasteiger partial charge in [-0.3, -0.25) is 4.79 Å². The molecular formula is C19H25Cl2F3N2O2S. The first kappa shape index (κ1) is 24.4. The van der Waals surface area contributed by atoms with Gasteiger partial charge in [0.2, 0.25) is 0 Å². The van der Waals surface area contributed by atoms with E-state index in [1.165, 1.54) is 11.8 Å². The van der Waals surface area contributed by atoms with Gasteiger partial charge in [0.1, 0.15) is 6.04 Å². The first-order chi connectivity index (χ1) is 13.6. The standard InChI is InChI=1S/C19H25Cl2F3N2O2S/c20-13-1-2-17(15(21)11-13)26-7-3-12(4-8-26)14(19(22,23)24)5-9-29-10-6-16(25)18(27)28/h1-2,11-12,14,16H,3-10,25H2,(H,27,28). The monoisotopic (exact) mass is 472 g/mol. The number of alkyl halides is 3. The third kappa shape index (κ3) is 7.42. The van der Waals surface area contributed by atoms with Gasteiger partial charge >= 0.3 is 12.1 Å². The van der Waals surface area contributed by atoms with Crippen LogP contribution in [0.25, 0.3) is 0 Å². The Morgan fingerprint density at radius 3 is 2.41 bits per heavy atom. The van der Waals surface area contributed by atoms with Gasteiger partial charge in [-0.05, 0) is 61.3 Å². The lowest BCUT2D eigenvalue weighted by Crippen LogP contribution is -2.40. The van der Waals surface area contributed by atoms with Crippen LogP contribution < -0.4 is 10.6 Å². The van der Waals surface area contributed by atoms with Gasteiger partial charge < -0.3 is 15.7 Å². The summed E-state index contributed by atoms with van der Waals surface area (Å²) in [4.78, 5) is 12.7. The average Bonchev–Trinajstić information content (AvgIpc) is 2.63. The molecular weight excluding hydrogens is 448 g/mol. The van der Waals surface area contributed by atoms with Crippen LogP contribution in [0.15, 0.2) is 18.2 Å². The molecule has 1 heterocycles. The van der Waals surface area contributed by atoms with Crippen molar-refractivity contribution in [3.63, 3.8) is 0 Å². The molecule has 0 radical (unpaired) electrons. The van der Waals surface area contributed by atoms with E-state index in [2.05, 4.69) is 0 Å². The van der Waals surface area contributed by atoms with Crippen molar-refractivity contribution >= 4 is 46.6 Å². The van der Waals surface area contributed by atoms with E-state index >= 15 is 0 Å². The minimum atomic E-state index is -4.25. The van der Waals surface area contributed by atoms with Crippen molar-refractivity contribution in [2.75, 3.05) is 29.5 Å². The van der Waals surface area contributed by atoms with Crippen molar-refractivity contribution in [3.8, 4) is 0 Å². The number of carboxylic acids is 1. The van der Waals surface area contributed by atoms with E-state index in [-0.39, 0.29) is 12.8 Å². The van der Waals surface area contributed by atoms with Crippen molar-refractivity contribution in [3.05, 3.63) is 28.2 Å². The number of carboxylic acid groups (broad SMARTS) is 1. The first-order valence-electron chi connectivity index (χ1n) is 9.42. The van der Waals surface area contributed by atoms with Gasteiger partial charge in [-0.1, -0.05) is 23.2 Å². The molecule has 3 N–H and O–H groups in total. The molecule has 1 aromatic carbocycles. The molecule has 0 amide bonds. The largest absolute Gasteiger partial charge is 0.480 e. The van der Waals surface area contributed by atoms with Gasteiger partial charge in [-0.25, -0.2) is 0 Å². The molecule has 1 aliphatic rings. The highest BCUT2D eigenvalue weighted by atomic mass is 35.5. The Morgan fingerprint density at radius 1 is 1.24 bits per heavy atom. The van der Waals surface area contributed by atoms with Crippen LogP contribution in [-0.2, 0) is 4.79 Å². The maximum absolute atomic E-state index is 13.6. The molecule has 2 rings (SSSR count). The Morgan fingerprint density at radius 2 is 1.86 bits per heavy atom. The number of hydrogen-bond acceptors (Lipinski definition) is 4. The Hall–Kier alpha value is -0.830. The van der Waals surface area contributed by atoms with E-state index in [1.807, 2.05) is 4.90 Å². The molecule has 0 bridgehead atoms. The summed E-state index contributed by atoms with van der Waals surface area (Å²) >= 11 is 13.5. The van der Waals surface area contributed by atoms with E-state index < -0.39 is 30.0 Å². The fraction of sp³-hybridized carbons (Fsp3) is 0.632. The second kappa shape index (κ2) is 11.0. The van der Waals surface area contributed by atoms with Crippen LogP contribution in [0, 0.1) is 11.8 Å². The Balaban J connectivity index is 1.86. The number of aliphatic carboxylic acids is 1. The van der Waals surface area contributed by atoms with Gasteiger partial charge in [-0.15, -0.1) is 0 Å². The molecule has 2 unspecified atom stereocenters. The van der Waals surface area contributed by atoms with E-state index in [1.54, 1.807) is 18.2 Å². The van der Waals surface area contributed by atoms with Crippen LogP contribution in [-0.4, -0.2) is 47.9 Å². The molecule has 1 aliphatic heterocycles. The smallest absolute Gasteiger partial charge is 0.392 e. The van der Waals surface area contributed by atoms with Crippen molar-refractivity contribution < 1.29 is 23.1 Å². The number of piperidine rings is 1. The number of nitrogens with zero attached hydrogens (tertiary/aromatic N) is 1. The summed E-state index contributed by atoms with van der Waals surface area (Å²) in [6.45, 7) is 1.03. The first-order valence-corrected chi connectivity index (χ1v) is 11.3. The minimum Gasteiger partial charge on any atom is -0.480 e. The van der Waals surface area contributed by atoms with Crippen LogP contribution in [0.3, 0.4) is 0 Å². The number of nitrogens with two attached hydrogens (primary N) is 1. The quantitative estimate of drug-likeness (QED) is 0.476. The van der Waals surface area contributed by atoms with E-state index in [4.69, 9.17) is 34.0 Å². The maximum atomic E-state index is 13.6. The fourth-order valence-electron chi connectivity index (χ4n) is 3.59. The summed E-state index contributed by atoms with van der Waals surface area (Å²) < 4.78 is 40.9. The molecule has 29 heavy (non-hydrogen) atoms. The molecule has 1 fully saturated rings. The van der Waals surface area contributed by atoms with E-state index in [9.17, 15) is 18.0 Å². The molecule has 2 atom stereocenters. The van der Waals surface area contributed by atoms with Crippen molar-refractivity contribution in [1.29, 1.82) is 0 Å². The molecule has 0 aromatic heterocycles. The number of rotatable bonds is 9. The Labute approximate surface area is 182 Å². The lowest BCUT2D eigenvalue weighted by Gasteiger charge is -2.38. The average molecular weight is 473 g/mol. The number of anilines is 1. The molecule has 4 nitrogen and oxygen atoms in total. The van der Waals surface area contributed by atoms with Crippen molar-refractivity contribution in [2.24, 2.45) is 17.6 Å². The zero-order valence-electron chi connectivity index (χ0n) is 15.8. The maximum Gasteiger partial charge on any atom is 0.392 e. The zero-order chi connectivity index (χ0) is 21.6. The van der Waals surface area contributed by atoms with Gasteiger partial charge in [0, 0.05) is 18.1 Å².